The molecule has 0 bridgehead atoms. The molecule has 21 heavy (non-hydrogen) atoms. The minimum Gasteiger partial charge on any atom is -0.493 e. The van der Waals surface area contributed by atoms with Crippen molar-refractivity contribution in [3.8, 4) is 5.75 Å². The number of unbranched alkanes of at least 4 members (excludes halogenated alkanes) is 1. The summed E-state index contributed by atoms with van der Waals surface area (Å²) in [5.41, 5.74) is 8.65. The lowest BCUT2D eigenvalue weighted by Crippen LogP contribution is -2.22. The van der Waals surface area contributed by atoms with E-state index in [1.807, 2.05) is 0 Å². The molecule has 0 radical (unpaired) electrons. The number of hydrogen-bond acceptors (Lipinski definition) is 2. The van der Waals surface area contributed by atoms with Crippen LogP contribution in [0.3, 0.4) is 0 Å². The van der Waals surface area contributed by atoms with E-state index in [1.165, 1.54) is 36.8 Å². The number of nitrogens with two attached hydrogens (primary N) is 1. The maximum Gasteiger partial charge on any atom is 0.122 e. The molecule has 0 aliphatic rings. The third-order valence-corrected chi connectivity index (χ3v) is 4.24. The minimum absolute atomic E-state index is 0.219. The van der Waals surface area contributed by atoms with Gasteiger partial charge in [0.25, 0.3) is 0 Å². The summed E-state index contributed by atoms with van der Waals surface area (Å²) in [4.78, 5) is 0. The highest BCUT2D eigenvalue weighted by atomic mass is 16.5. The fourth-order valence-electron chi connectivity index (χ4n) is 2.54. The smallest absolute Gasteiger partial charge is 0.122 e. The molecule has 0 aromatic heterocycles. The molecule has 0 fully saturated rings. The van der Waals surface area contributed by atoms with E-state index in [2.05, 4.69) is 45.9 Å². The molecule has 2 atom stereocenters. The van der Waals surface area contributed by atoms with Crippen molar-refractivity contribution < 1.29 is 4.74 Å². The van der Waals surface area contributed by atoms with E-state index < -0.39 is 0 Å². The second kappa shape index (κ2) is 9.83. The molecule has 2 N–H and O–H groups in total. The van der Waals surface area contributed by atoms with Crippen LogP contribution in [-0.2, 0) is 6.42 Å². The van der Waals surface area contributed by atoms with Gasteiger partial charge in [-0.1, -0.05) is 57.7 Å². The third kappa shape index (κ3) is 6.52. The van der Waals surface area contributed by atoms with Gasteiger partial charge in [-0.25, -0.2) is 0 Å². The zero-order valence-electron chi connectivity index (χ0n) is 14.3. The molecule has 1 aromatic rings. The fraction of sp³-hybridized carbons (Fsp3) is 0.684. The van der Waals surface area contributed by atoms with Crippen molar-refractivity contribution in [1.82, 2.24) is 0 Å². The van der Waals surface area contributed by atoms with Crippen LogP contribution in [0.4, 0.5) is 0 Å². The molecular formula is C19H33NO. The maximum atomic E-state index is 6.13. The van der Waals surface area contributed by atoms with Crippen LogP contribution in [0.15, 0.2) is 18.2 Å². The number of benzene rings is 1. The summed E-state index contributed by atoms with van der Waals surface area (Å²) in [6.07, 6.45) is 6.92. The number of ether oxygens (including phenoxy) is 1. The highest BCUT2D eigenvalue weighted by molar-refractivity contribution is 5.37. The van der Waals surface area contributed by atoms with Gasteiger partial charge in [0.15, 0.2) is 0 Å². The lowest BCUT2D eigenvalue weighted by Gasteiger charge is -2.19. The molecule has 2 unspecified atom stereocenters. The molecule has 1 rings (SSSR count). The van der Waals surface area contributed by atoms with Crippen molar-refractivity contribution in [1.29, 1.82) is 0 Å². The minimum atomic E-state index is 0.219. The first kappa shape index (κ1) is 18.0. The summed E-state index contributed by atoms with van der Waals surface area (Å²) in [6, 6.07) is 6.68. The van der Waals surface area contributed by atoms with Gasteiger partial charge in [-0.15, -0.1) is 0 Å². The van der Waals surface area contributed by atoms with Crippen LogP contribution in [0.25, 0.3) is 0 Å². The van der Waals surface area contributed by atoms with E-state index in [-0.39, 0.29) is 6.04 Å². The Morgan fingerprint density at radius 3 is 2.52 bits per heavy atom. The average molecular weight is 291 g/mol. The summed E-state index contributed by atoms with van der Waals surface area (Å²) in [6.45, 7) is 9.60. The molecule has 0 aliphatic heterocycles. The van der Waals surface area contributed by atoms with E-state index in [1.54, 1.807) is 0 Å². The molecular weight excluding hydrogens is 258 g/mol. The van der Waals surface area contributed by atoms with Gasteiger partial charge in [0.1, 0.15) is 5.75 Å². The lowest BCUT2D eigenvalue weighted by atomic mass is 10.00. The molecule has 0 amide bonds. The summed E-state index contributed by atoms with van der Waals surface area (Å²) in [5, 5.41) is 0. The van der Waals surface area contributed by atoms with Crippen LogP contribution in [0.2, 0.25) is 0 Å². The van der Waals surface area contributed by atoms with Crippen molar-refractivity contribution in [2.75, 3.05) is 6.61 Å². The Bertz CT molecular complexity index is 403. The largest absolute Gasteiger partial charge is 0.493 e. The van der Waals surface area contributed by atoms with E-state index in [9.17, 15) is 0 Å². The van der Waals surface area contributed by atoms with E-state index in [0.29, 0.717) is 5.92 Å². The van der Waals surface area contributed by atoms with Crippen LogP contribution in [0.5, 0.6) is 5.75 Å². The Morgan fingerprint density at radius 1 is 1.14 bits per heavy atom. The Morgan fingerprint density at radius 2 is 1.90 bits per heavy atom. The predicted molar refractivity (Wildman–Crippen MR) is 92.0 cm³/mol. The van der Waals surface area contributed by atoms with Crippen LogP contribution in [0.1, 0.15) is 64.0 Å². The van der Waals surface area contributed by atoms with Gasteiger partial charge in [0, 0.05) is 6.04 Å². The first-order chi connectivity index (χ1) is 10.1. The van der Waals surface area contributed by atoms with Gasteiger partial charge in [0.2, 0.25) is 0 Å². The van der Waals surface area contributed by atoms with Crippen LogP contribution < -0.4 is 10.5 Å². The number of aryl methyl sites for hydroxylation is 1. The average Bonchev–Trinajstić information content (AvgIpc) is 2.49. The molecule has 0 saturated heterocycles. The van der Waals surface area contributed by atoms with Gasteiger partial charge >= 0.3 is 0 Å². The normalized spacial score (nSPS) is 14.0. The summed E-state index contributed by atoms with van der Waals surface area (Å²) in [7, 11) is 0. The Labute approximate surface area is 131 Å². The maximum absolute atomic E-state index is 6.13. The molecule has 2 heteroatoms. The van der Waals surface area contributed by atoms with Gasteiger partial charge in [0.05, 0.1) is 6.61 Å². The van der Waals surface area contributed by atoms with Crippen molar-refractivity contribution in [2.45, 2.75) is 72.3 Å². The Kier molecular flexibility index (Phi) is 8.44. The van der Waals surface area contributed by atoms with Crippen molar-refractivity contribution in [3.05, 3.63) is 29.3 Å². The molecule has 0 heterocycles. The molecule has 120 valence electrons. The van der Waals surface area contributed by atoms with Crippen LogP contribution in [-0.4, -0.2) is 12.6 Å². The zero-order chi connectivity index (χ0) is 15.7. The molecule has 0 saturated carbocycles. The zero-order valence-corrected chi connectivity index (χ0v) is 14.3. The standard InChI is InChI=1S/C19H33NO/c1-5-8-9-16(6-2)14-21-19-11-10-15(4)12-17(19)13-18(20)7-3/h10-12,16,18H,5-9,13-14,20H2,1-4H3. The lowest BCUT2D eigenvalue weighted by molar-refractivity contribution is 0.231. The molecule has 0 aliphatic carbocycles. The summed E-state index contributed by atoms with van der Waals surface area (Å²) >= 11 is 0. The van der Waals surface area contributed by atoms with Gasteiger partial charge in [-0.05, 0) is 43.7 Å². The number of rotatable bonds is 10. The molecule has 1 aromatic carbocycles. The van der Waals surface area contributed by atoms with E-state index >= 15 is 0 Å². The number of hydrogen-bond donors (Lipinski definition) is 1. The Balaban J connectivity index is 2.68. The molecule has 0 spiro atoms. The van der Waals surface area contributed by atoms with Crippen molar-refractivity contribution >= 4 is 0 Å². The van der Waals surface area contributed by atoms with E-state index in [4.69, 9.17) is 10.5 Å². The summed E-state index contributed by atoms with van der Waals surface area (Å²) < 4.78 is 6.13. The highest BCUT2D eigenvalue weighted by Crippen LogP contribution is 2.24. The quantitative estimate of drug-likeness (QED) is 0.667. The second-order valence-electron chi connectivity index (χ2n) is 6.21. The first-order valence-corrected chi connectivity index (χ1v) is 8.58. The highest BCUT2D eigenvalue weighted by Gasteiger charge is 2.11. The topological polar surface area (TPSA) is 35.2 Å². The van der Waals surface area contributed by atoms with Crippen LogP contribution in [0, 0.1) is 12.8 Å². The van der Waals surface area contributed by atoms with Crippen molar-refractivity contribution in [3.63, 3.8) is 0 Å². The van der Waals surface area contributed by atoms with E-state index in [0.717, 1.165) is 25.2 Å². The Hall–Kier alpha value is -1.02. The molecule has 2 nitrogen and oxygen atoms in total. The first-order valence-electron chi connectivity index (χ1n) is 8.58. The second-order valence-corrected chi connectivity index (χ2v) is 6.21. The monoisotopic (exact) mass is 291 g/mol. The van der Waals surface area contributed by atoms with Gasteiger partial charge < -0.3 is 10.5 Å². The van der Waals surface area contributed by atoms with Gasteiger partial charge in [-0.3, -0.25) is 0 Å². The fourth-order valence-corrected chi connectivity index (χ4v) is 2.54. The van der Waals surface area contributed by atoms with Gasteiger partial charge in [-0.2, -0.15) is 0 Å². The third-order valence-electron chi connectivity index (χ3n) is 4.24. The predicted octanol–water partition coefficient (Wildman–Crippen LogP) is 4.87. The van der Waals surface area contributed by atoms with Crippen LogP contribution >= 0.6 is 0 Å². The summed E-state index contributed by atoms with van der Waals surface area (Å²) in [5.74, 6) is 1.69. The SMILES string of the molecule is CCCCC(CC)COc1ccc(C)cc1CC(N)CC. The van der Waals surface area contributed by atoms with Crippen molar-refractivity contribution in [2.24, 2.45) is 11.7 Å².